The van der Waals surface area contributed by atoms with Crippen molar-refractivity contribution in [2.45, 2.75) is 25.2 Å². The number of hydrogen-bond acceptors (Lipinski definition) is 5. The van der Waals surface area contributed by atoms with Crippen molar-refractivity contribution >= 4 is 46.6 Å². The standard InChI is InChI=1S/C21H20Cl2N4O2S/c1-3-9-27-19(12-29-18-10-14(2)7-8-17(18)23)25-26-21(27)30-13-20(28)24-16-6-4-5-15(22)11-16/h3-8,10-11H,1,9,12-13H2,2H3,(H,24,28). The van der Waals surface area contributed by atoms with E-state index in [0.29, 0.717) is 39.0 Å². The maximum absolute atomic E-state index is 12.3. The first kappa shape index (κ1) is 22.2. The van der Waals surface area contributed by atoms with Gasteiger partial charge in [-0.2, -0.15) is 0 Å². The zero-order valence-electron chi connectivity index (χ0n) is 16.3. The maximum Gasteiger partial charge on any atom is 0.234 e. The van der Waals surface area contributed by atoms with Crippen molar-refractivity contribution in [1.29, 1.82) is 0 Å². The van der Waals surface area contributed by atoms with Crippen molar-refractivity contribution in [3.8, 4) is 5.75 Å². The van der Waals surface area contributed by atoms with E-state index in [1.165, 1.54) is 11.8 Å². The Morgan fingerprint density at radius 3 is 2.87 bits per heavy atom. The van der Waals surface area contributed by atoms with Gasteiger partial charge < -0.3 is 10.1 Å². The fourth-order valence-electron chi connectivity index (χ4n) is 2.60. The molecule has 0 radical (unpaired) electrons. The highest BCUT2D eigenvalue weighted by Crippen LogP contribution is 2.26. The molecule has 0 saturated heterocycles. The van der Waals surface area contributed by atoms with Crippen LogP contribution in [0.25, 0.3) is 0 Å². The number of aryl methyl sites for hydroxylation is 1. The Hall–Kier alpha value is -2.48. The molecule has 0 atom stereocenters. The summed E-state index contributed by atoms with van der Waals surface area (Å²) < 4.78 is 7.68. The predicted molar refractivity (Wildman–Crippen MR) is 122 cm³/mol. The van der Waals surface area contributed by atoms with Crippen molar-refractivity contribution in [2.24, 2.45) is 0 Å². The number of halogens is 2. The zero-order valence-corrected chi connectivity index (χ0v) is 18.6. The Morgan fingerprint density at radius 1 is 1.27 bits per heavy atom. The molecular formula is C21H20Cl2N4O2S. The van der Waals surface area contributed by atoms with Crippen LogP contribution in [-0.2, 0) is 17.9 Å². The summed E-state index contributed by atoms with van der Waals surface area (Å²) in [6.45, 7) is 6.43. The first-order chi connectivity index (χ1) is 14.5. The summed E-state index contributed by atoms with van der Waals surface area (Å²) in [5, 5.41) is 12.9. The molecular weight excluding hydrogens is 443 g/mol. The lowest BCUT2D eigenvalue weighted by molar-refractivity contribution is -0.113. The van der Waals surface area contributed by atoms with E-state index in [-0.39, 0.29) is 18.3 Å². The van der Waals surface area contributed by atoms with E-state index in [4.69, 9.17) is 27.9 Å². The monoisotopic (exact) mass is 462 g/mol. The van der Waals surface area contributed by atoms with Crippen LogP contribution in [0.3, 0.4) is 0 Å². The van der Waals surface area contributed by atoms with Gasteiger partial charge in [0.15, 0.2) is 11.0 Å². The van der Waals surface area contributed by atoms with Crippen molar-refractivity contribution in [2.75, 3.05) is 11.1 Å². The van der Waals surface area contributed by atoms with Gasteiger partial charge in [0.1, 0.15) is 12.4 Å². The summed E-state index contributed by atoms with van der Waals surface area (Å²) in [5.41, 5.74) is 1.69. The second kappa shape index (κ2) is 10.5. The highest BCUT2D eigenvalue weighted by atomic mass is 35.5. The van der Waals surface area contributed by atoms with E-state index < -0.39 is 0 Å². The number of carbonyl (C=O) groups is 1. The summed E-state index contributed by atoms with van der Waals surface area (Å²) in [4.78, 5) is 12.3. The lowest BCUT2D eigenvalue weighted by atomic mass is 10.2. The number of aromatic nitrogens is 3. The third kappa shape index (κ3) is 6.01. The molecule has 1 heterocycles. The van der Waals surface area contributed by atoms with Gasteiger partial charge >= 0.3 is 0 Å². The van der Waals surface area contributed by atoms with Crippen LogP contribution < -0.4 is 10.1 Å². The predicted octanol–water partition coefficient (Wildman–Crippen LogP) is 5.39. The number of allylic oxidation sites excluding steroid dienone is 1. The normalized spacial score (nSPS) is 10.6. The third-order valence-corrected chi connectivity index (χ3v) is 5.50. The fourth-order valence-corrected chi connectivity index (χ4v) is 3.73. The largest absolute Gasteiger partial charge is 0.484 e. The molecule has 1 aromatic heterocycles. The van der Waals surface area contributed by atoms with E-state index in [0.717, 1.165) is 5.56 Å². The van der Waals surface area contributed by atoms with Crippen molar-refractivity contribution in [3.63, 3.8) is 0 Å². The van der Waals surface area contributed by atoms with Crippen LogP contribution >= 0.6 is 35.0 Å². The van der Waals surface area contributed by atoms with E-state index in [1.54, 1.807) is 36.4 Å². The van der Waals surface area contributed by atoms with Gasteiger partial charge in [0.25, 0.3) is 0 Å². The molecule has 156 valence electrons. The Bertz CT molecular complexity index is 1060. The minimum Gasteiger partial charge on any atom is -0.484 e. The molecule has 0 fully saturated rings. The molecule has 2 aromatic carbocycles. The average molecular weight is 463 g/mol. The van der Waals surface area contributed by atoms with E-state index >= 15 is 0 Å². The summed E-state index contributed by atoms with van der Waals surface area (Å²) in [6.07, 6.45) is 1.74. The number of ether oxygens (including phenoxy) is 1. The molecule has 30 heavy (non-hydrogen) atoms. The van der Waals surface area contributed by atoms with Crippen LogP contribution in [0, 0.1) is 6.92 Å². The number of anilines is 1. The number of benzene rings is 2. The number of rotatable bonds is 9. The quantitative estimate of drug-likeness (QED) is 0.341. The minimum atomic E-state index is -0.167. The SMILES string of the molecule is C=CCn1c(COc2cc(C)ccc2Cl)nnc1SCC(=O)Nc1cccc(Cl)c1. The number of amides is 1. The van der Waals surface area contributed by atoms with Gasteiger partial charge in [-0.05, 0) is 42.8 Å². The summed E-state index contributed by atoms with van der Waals surface area (Å²) in [5.74, 6) is 1.21. The molecule has 0 spiro atoms. The van der Waals surface area contributed by atoms with Crippen LogP contribution in [0.4, 0.5) is 5.69 Å². The topological polar surface area (TPSA) is 69.0 Å². The van der Waals surface area contributed by atoms with E-state index in [2.05, 4.69) is 22.1 Å². The third-order valence-electron chi connectivity index (χ3n) is 3.99. The van der Waals surface area contributed by atoms with Gasteiger partial charge in [0.05, 0.1) is 10.8 Å². The van der Waals surface area contributed by atoms with Crippen LogP contribution in [0.5, 0.6) is 5.75 Å². The molecule has 9 heteroatoms. The fraction of sp³-hybridized carbons (Fsp3) is 0.190. The van der Waals surface area contributed by atoms with Gasteiger partial charge in [-0.3, -0.25) is 9.36 Å². The van der Waals surface area contributed by atoms with Gasteiger partial charge in [0.2, 0.25) is 5.91 Å². The molecule has 1 amide bonds. The second-order valence-corrected chi connectivity index (χ2v) is 8.15. The van der Waals surface area contributed by atoms with Crippen molar-refractivity contribution in [3.05, 3.63) is 76.6 Å². The van der Waals surface area contributed by atoms with E-state index in [9.17, 15) is 4.79 Å². The number of nitrogens with one attached hydrogen (secondary N) is 1. The average Bonchev–Trinajstić information content (AvgIpc) is 3.09. The zero-order chi connectivity index (χ0) is 21.5. The minimum absolute atomic E-state index is 0.167. The van der Waals surface area contributed by atoms with Crippen LogP contribution in [0.15, 0.2) is 60.3 Å². The Balaban J connectivity index is 1.64. The number of thioether (sulfide) groups is 1. The highest BCUT2D eigenvalue weighted by molar-refractivity contribution is 7.99. The number of nitrogens with zero attached hydrogens (tertiary/aromatic N) is 3. The molecule has 0 aliphatic carbocycles. The lowest BCUT2D eigenvalue weighted by Gasteiger charge is -2.11. The first-order valence-corrected chi connectivity index (χ1v) is 10.8. The van der Waals surface area contributed by atoms with Gasteiger partial charge in [0, 0.05) is 17.3 Å². The Morgan fingerprint density at radius 2 is 2.10 bits per heavy atom. The Labute approximate surface area is 189 Å². The molecule has 1 N–H and O–H groups in total. The summed E-state index contributed by atoms with van der Waals surface area (Å²) in [6, 6.07) is 12.6. The smallest absolute Gasteiger partial charge is 0.234 e. The molecule has 3 rings (SSSR count). The molecule has 0 aliphatic rings. The summed E-state index contributed by atoms with van der Waals surface area (Å²) >= 11 is 13.4. The maximum atomic E-state index is 12.3. The van der Waals surface area contributed by atoms with Crippen molar-refractivity contribution < 1.29 is 9.53 Å². The highest BCUT2D eigenvalue weighted by Gasteiger charge is 2.15. The molecule has 0 aliphatic heterocycles. The first-order valence-electron chi connectivity index (χ1n) is 9.06. The molecule has 3 aromatic rings. The van der Waals surface area contributed by atoms with Crippen molar-refractivity contribution in [1.82, 2.24) is 14.8 Å². The van der Waals surface area contributed by atoms with Gasteiger partial charge in [-0.15, -0.1) is 16.8 Å². The number of carbonyl (C=O) groups excluding carboxylic acids is 1. The van der Waals surface area contributed by atoms with Gasteiger partial charge in [-0.25, -0.2) is 0 Å². The van der Waals surface area contributed by atoms with Crippen LogP contribution in [-0.4, -0.2) is 26.4 Å². The van der Waals surface area contributed by atoms with Crippen LogP contribution in [0.1, 0.15) is 11.4 Å². The van der Waals surface area contributed by atoms with Crippen LogP contribution in [0.2, 0.25) is 10.0 Å². The molecule has 0 saturated carbocycles. The number of hydrogen-bond donors (Lipinski definition) is 1. The second-order valence-electron chi connectivity index (χ2n) is 6.37. The molecule has 0 bridgehead atoms. The summed E-state index contributed by atoms with van der Waals surface area (Å²) in [7, 11) is 0. The molecule has 6 nitrogen and oxygen atoms in total. The van der Waals surface area contributed by atoms with Gasteiger partial charge in [-0.1, -0.05) is 53.2 Å². The lowest BCUT2D eigenvalue weighted by Crippen LogP contribution is -2.15. The Kier molecular flexibility index (Phi) is 7.79. The van der Waals surface area contributed by atoms with E-state index in [1.807, 2.05) is 23.6 Å². The molecule has 0 unspecified atom stereocenters.